The lowest BCUT2D eigenvalue weighted by atomic mass is 9.85. The number of rotatable bonds is 4. The first-order valence-corrected chi connectivity index (χ1v) is 7.53. The molecule has 1 aromatic carbocycles. The topological polar surface area (TPSA) is 56.1 Å². The van der Waals surface area contributed by atoms with Crippen molar-refractivity contribution in [3.8, 4) is 6.07 Å². The van der Waals surface area contributed by atoms with Gasteiger partial charge in [-0.3, -0.25) is 4.79 Å². The molecule has 0 spiro atoms. The lowest BCUT2D eigenvalue weighted by molar-refractivity contribution is -0.174. The van der Waals surface area contributed by atoms with Gasteiger partial charge in [0.15, 0.2) is 0 Å². The standard InChI is InChI=1S/C16H17F4N3O/c17-12-4-2-11(3-5-12)13-6-9-23(8-1-7-21)10-14(13)22-15(24)16(18,19)20/h2-5,13-14H,1,6,8-10H2,(H,22,24)/t13-,14+/m0/s1. The van der Waals surface area contributed by atoms with E-state index in [4.69, 9.17) is 5.26 Å². The van der Waals surface area contributed by atoms with Crippen LogP contribution in [0.4, 0.5) is 17.6 Å². The van der Waals surface area contributed by atoms with Gasteiger partial charge in [0.25, 0.3) is 0 Å². The third-order valence-electron chi connectivity index (χ3n) is 4.11. The van der Waals surface area contributed by atoms with Crippen LogP contribution in [0.15, 0.2) is 24.3 Å². The Balaban J connectivity index is 2.16. The summed E-state index contributed by atoms with van der Waals surface area (Å²) in [5, 5.41) is 10.7. The van der Waals surface area contributed by atoms with Crippen molar-refractivity contribution >= 4 is 5.91 Å². The maximum atomic E-state index is 13.1. The molecule has 0 bridgehead atoms. The van der Waals surface area contributed by atoms with Crippen LogP contribution in [0, 0.1) is 17.1 Å². The van der Waals surface area contributed by atoms with E-state index in [9.17, 15) is 22.4 Å². The van der Waals surface area contributed by atoms with Crippen LogP contribution in [0.1, 0.15) is 24.3 Å². The van der Waals surface area contributed by atoms with Crippen molar-refractivity contribution in [3.63, 3.8) is 0 Å². The number of hydrogen-bond acceptors (Lipinski definition) is 3. The smallest absolute Gasteiger partial charge is 0.344 e. The fourth-order valence-corrected chi connectivity index (χ4v) is 2.94. The van der Waals surface area contributed by atoms with E-state index in [0.717, 1.165) is 0 Å². The third-order valence-corrected chi connectivity index (χ3v) is 4.11. The van der Waals surface area contributed by atoms with Gasteiger partial charge in [0.1, 0.15) is 5.82 Å². The minimum atomic E-state index is -4.96. The largest absolute Gasteiger partial charge is 0.471 e. The minimum Gasteiger partial charge on any atom is -0.344 e. The predicted octanol–water partition coefficient (Wildman–Crippen LogP) is 2.58. The molecular weight excluding hydrogens is 326 g/mol. The van der Waals surface area contributed by atoms with Crippen molar-refractivity contribution in [2.24, 2.45) is 0 Å². The van der Waals surface area contributed by atoms with Gasteiger partial charge >= 0.3 is 12.1 Å². The predicted molar refractivity (Wildman–Crippen MR) is 78.4 cm³/mol. The van der Waals surface area contributed by atoms with Gasteiger partial charge in [0.2, 0.25) is 0 Å². The summed E-state index contributed by atoms with van der Waals surface area (Å²) in [7, 11) is 0. The van der Waals surface area contributed by atoms with Crippen molar-refractivity contribution < 1.29 is 22.4 Å². The molecule has 2 rings (SSSR count). The monoisotopic (exact) mass is 343 g/mol. The molecule has 1 aliphatic rings. The summed E-state index contributed by atoms with van der Waals surface area (Å²) < 4.78 is 50.8. The maximum absolute atomic E-state index is 13.1. The van der Waals surface area contributed by atoms with Crippen molar-refractivity contribution in [3.05, 3.63) is 35.6 Å². The maximum Gasteiger partial charge on any atom is 0.471 e. The van der Waals surface area contributed by atoms with E-state index in [1.54, 1.807) is 0 Å². The summed E-state index contributed by atoms with van der Waals surface area (Å²) in [5.74, 6) is -2.75. The van der Waals surface area contributed by atoms with E-state index >= 15 is 0 Å². The van der Waals surface area contributed by atoms with E-state index in [2.05, 4.69) is 0 Å². The number of nitriles is 1. The Kier molecular flexibility index (Phi) is 5.78. The molecule has 2 atom stereocenters. The summed E-state index contributed by atoms with van der Waals surface area (Å²) in [6, 6.07) is 6.79. The highest BCUT2D eigenvalue weighted by atomic mass is 19.4. The van der Waals surface area contributed by atoms with Crippen LogP contribution in [0.3, 0.4) is 0 Å². The molecule has 0 unspecified atom stereocenters. The SMILES string of the molecule is N#CCCN1CC[C@@H](c2ccc(F)cc2)[C@H](NC(=O)C(F)(F)F)C1. The van der Waals surface area contributed by atoms with Crippen molar-refractivity contribution in [1.82, 2.24) is 10.2 Å². The Hall–Kier alpha value is -2.14. The Labute approximate surface area is 137 Å². The Morgan fingerprint density at radius 2 is 2.00 bits per heavy atom. The Bertz CT molecular complexity index is 609. The van der Waals surface area contributed by atoms with E-state index in [1.807, 2.05) is 16.3 Å². The molecule has 1 aliphatic heterocycles. The fraction of sp³-hybridized carbons (Fsp3) is 0.500. The number of amides is 1. The molecule has 130 valence electrons. The fourth-order valence-electron chi connectivity index (χ4n) is 2.94. The molecule has 1 fully saturated rings. The van der Waals surface area contributed by atoms with Crippen LogP contribution in [0.25, 0.3) is 0 Å². The Morgan fingerprint density at radius 1 is 1.33 bits per heavy atom. The summed E-state index contributed by atoms with van der Waals surface area (Å²) >= 11 is 0. The van der Waals surface area contributed by atoms with Crippen LogP contribution >= 0.6 is 0 Å². The van der Waals surface area contributed by atoms with E-state index in [-0.39, 0.29) is 18.9 Å². The molecule has 24 heavy (non-hydrogen) atoms. The molecule has 0 aromatic heterocycles. The summed E-state index contributed by atoms with van der Waals surface area (Å²) in [5.41, 5.74) is 0.684. The second-order valence-electron chi connectivity index (χ2n) is 5.73. The molecule has 1 saturated heterocycles. The van der Waals surface area contributed by atoms with Gasteiger partial charge in [-0.05, 0) is 30.7 Å². The molecule has 1 heterocycles. The third kappa shape index (κ3) is 4.68. The molecule has 1 N–H and O–H groups in total. The number of nitrogens with one attached hydrogen (secondary N) is 1. The highest BCUT2D eigenvalue weighted by molar-refractivity contribution is 5.82. The van der Waals surface area contributed by atoms with Crippen molar-refractivity contribution in [2.75, 3.05) is 19.6 Å². The minimum absolute atomic E-state index is 0.214. The normalized spacial score (nSPS) is 22.0. The van der Waals surface area contributed by atoms with Crippen LogP contribution in [0.5, 0.6) is 0 Å². The first-order valence-electron chi connectivity index (χ1n) is 7.53. The zero-order chi connectivity index (χ0) is 17.7. The van der Waals surface area contributed by atoms with Crippen molar-refractivity contribution in [1.29, 1.82) is 5.26 Å². The zero-order valence-corrected chi connectivity index (χ0v) is 12.8. The van der Waals surface area contributed by atoms with Gasteiger partial charge in [-0.15, -0.1) is 0 Å². The van der Waals surface area contributed by atoms with Gasteiger partial charge in [-0.25, -0.2) is 4.39 Å². The number of halogens is 4. The Morgan fingerprint density at radius 3 is 2.58 bits per heavy atom. The second-order valence-corrected chi connectivity index (χ2v) is 5.73. The molecule has 1 amide bonds. The molecule has 1 aromatic rings. The van der Waals surface area contributed by atoms with Crippen LogP contribution in [-0.2, 0) is 4.79 Å². The lowest BCUT2D eigenvalue weighted by Crippen LogP contribution is -2.54. The average molecular weight is 343 g/mol. The van der Waals surface area contributed by atoms with Crippen LogP contribution in [0.2, 0.25) is 0 Å². The van der Waals surface area contributed by atoms with E-state index in [0.29, 0.717) is 25.1 Å². The van der Waals surface area contributed by atoms with E-state index < -0.39 is 23.9 Å². The highest BCUT2D eigenvalue weighted by Gasteiger charge is 2.42. The lowest BCUT2D eigenvalue weighted by Gasteiger charge is -2.39. The second kappa shape index (κ2) is 7.62. The molecule has 4 nitrogen and oxygen atoms in total. The number of carbonyl (C=O) groups is 1. The van der Waals surface area contributed by atoms with E-state index in [1.165, 1.54) is 24.3 Å². The number of benzene rings is 1. The van der Waals surface area contributed by atoms with Crippen LogP contribution in [-0.4, -0.2) is 42.7 Å². The molecule has 0 saturated carbocycles. The molecule has 8 heteroatoms. The quantitative estimate of drug-likeness (QED) is 0.855. The molecule has 0 radical (unpaired) electrons. The average Bonchev–Trinajstić information content (AvgIpc) is 2.53. The number of carbonyl (C=O) groups excluding carboxylic acids is 1. The first kappa shape index (κ1) is 18.2. The molecular formula is C16H17F4N3O. The number of hydrogen-bond donors (Lipinski definition) is 1. The summed E-state index contributed by atoms with van der Waals surface area (Å²) in [6.45, 7) is 1.25. The number of nitrogens with zero attached hydrogens (tertiary/aromatic N) is 2. The number of piperidine rings is 1. The van der Waals surface area contributed by atoms with Gasteiger partial charge in [0.05, 0.1) is 6.07 Å². The van der Waals surface area contributed by atoms with Gasteiger partial charge in [-0.1, -0.05) is 12.1 Å². The molecule has 0 aliphatic carbocycles. The first-order chi connectivity index (χ1) is 11.3. The summed E-state index contributed by atoms with van der Waals surface area (Å²) in [6.07, 6.45) is -4.18. The zero-order valence-electron chi connectivity index (χ0n) is 12.8. The van der Waals surface area contributed by atoms with Gasteiger partial charge < -0.3 is 10.2 Å². The van der Waals surface area contributed by atoms with Crippen LogP contribution < -0.4 is 5.32 Å². The highest BCUT2D eigenvalue weighted by Crippen LogP contribution is 2.29. The number of alkyl halides is 3. The van der Waals surface area contributed by atoms with Gasteiger partial charge in [0, 0.05) is 31.5 Å². The number of likely N-dealkylation sites (tertiary alicyclic amines) is 1. The summed E-state index contributed by atoms with van der Waals surface area (Å²) in [4.78, 5) is 13.2. The van der Waals surface area contributed by atoms with Crippen molar-refractivity contribution in [2.45, 2.75) is 31.0 Å². The van der Waals surface area contributed by atoms with Gasteiger partial charge in [-0.2, -0.15) is 18.4 Å².